The predicted molar refractivity (Wildman–Crippen MR) is 83.7 cm³/mol. The highest BCUT2D eigenvalue weighted by Crippen LogP contribution is 2.36. The van der Waals surface area contributed by atoms with Gasteiger partial charge in [0.15, 0.2) is 0 Å². The van der Waals surface area contributed by atoms with Crippen LogP contribution in [0.3, 0.4) is 0 Å². The fraction of sp³-hybridized carbons (Fsp3) is 0.133. The first-order valence-electron chi connectivity index (χ1n) is 6.22. The average Bonchev–Trinajstić information content (AvgIpc) is 2.45. The molecule has 7 heteroatoms. The van der Waals surface area contributed by atoms with Crippen molar-refractivity contribution in [1.29, 1.82) is 0 Å². The molecule has 0 aliphatic rings. The van der Waals surface area contributed by atoms with Crippen LogP contribution in [0.1, 0.15) is 15.9 Å². The molecule has 1 amide bonds. The fourth-order valence-electron chi connectivity index (χ4n) is 1.73. The molecule has 2 aromatic rings. The lowest BCUT2D eigenvalue weighted by molar-refractivity contribution is -0.0328. The van der Waals surface area contributed by atoms with Crippen molar-refractivity contribution in [3.05, 3.63) is 64.1 Å². The van der Waals surface area contributed by atoms with Crippen LogP contribution < -0.4 is 5.32 Å². The summed E-state index contributed by atoms with van der Waals surface area (Å²) in [6.45, 7) is 0.247. The van der Waals surface area contributed by atoms with E-state index in [9.17, 15) is 18.0 Å². The van der Waals surface area contributed by atoms with Crippen molar-refractivity contribution in [1.82, 2.24) is 5.32 Å². The van der Waals surface area contributed by atoms with E-state index in [-0.39, 0.29) is 29.1 Å². The molecule has 0 unspecified atom stereocenters. The molecule has 0 radical (unpaired) electrons. The molecule has 22 heavy (non-hydrogen) atoms. The van der Waals surface area contributed by atoms with Gasteiger partial charge in [0, 0.05) is 15.9 Å². The summed E-state index contributed by atoms with van der Waals surface area (Å²) in [4.78, 5) is 12.1. The lowest BCUT2D eigenvalue weighted by Gasteiger charge is -2.08. The van der Waals surface area contributed by atoms with Gasteiger partial charge in [-0.05, 0) is 57.5 Å². The van der Waals surface area contributed by atoms with Crippen LogP contribution in [-0.2, 0) is 6.54 Å². The minimum atomic E-state index is -4.30. The summed E-state index contributed by atoms with van der Waals surface area (Å²) in [6, 6.07) is 12.9. The van der Waals surface area contributed by atoms with Gasteiger partial charge >= 0.3 is 5.51 Å². The quantitative estimate of drug-likeness (QED) is 0.746. The molecule has 0 atom stereocenters. The van der Waals surface area contributed by atoms with Crippen molar-refractivity contribution in [3.63, 3.8) is 0 Å². The Kier molecular flexibility index (Phi) is 5.52. The van der Waals surface area contributed by atoms with Crippen molar-refractivity contribution in [2.45, 2.75) is 16.9 Å². The number of alkyl halides is 3. The summed E-state index contributed by atoms with van der Waals surface area (Å²) in [5.74, 6) is -0.249. The van der Waals surface area contributed by atoms with Crippen molar-refractivity contribution in [2.24, 2.45) is 0 Å². The number of nitrogens with one attached hydrogen (secondary N) is 1. The van der Waals surface area contributed by atoms with Gasteiger partial charge in [-0.3, -0.25) is 4.79 Å². The zero-order valence-electron chi connectivity index (χ0n) is 11.2. The molecule has 0 aliphatic heterocycles. The van der Waals surface area contributed by atoms with Crippen LogP contribution in [0.25, 0.3) is 0 Å². The third-order valence-corrected chi connectivity index (χ3v) is 4.16. The van der Waals surface area contributed by atoms with E-state index in [1.807, 2.05) is 0 Å². The van der Waals surface area contributed by atoms with Gasteiger partial charge in [-0.15, -0.1) is 0 Å². The minimum Gasteiger partial charge on any atom is -0.348 e. The van der Waals surface area contributed by atoms with E-state index in [1.54, 1.807) is 36.4 Å². The van der Waals surface area contributed by atoms with Crippen LogP contribution in [0.2, 0.25) is 0 Å². The van der Waals surface area contributed by atoms with Crippen molar-refractivity contribution < 1.29 is 18.0 Å². The number of rotatable bonds is 4. The molecule has 2 aromatic carbocycles. The van der Waals surface area contributed by atoms with E-state index in [0.29, 0.717) is 10.0 Å². The minimum absolute atomic E-state index is 0.119. The van der Waals surface area contributed by atoms with E-state index in [2.05, 4.69) is 21.2 Å². The molecule has 2 rings (SSSR count). The van der Waals surface area contributed by atoms with Crippen LogP contribution in [0.5, 0.6) is 0 Å². The molecule has 0 aliphatic carbocycles. The number of hydrogen-bond acceptors (Lipinski definition) is 2. The lowest BCUT2D eigenvalue weighted by atomic mass is 10.2. The van der Waals surface area contributed by atoms with Gasteiger partial charge in [0.2, 0.25) is 0 Å². The Hall–Kier alpha value is -1.47. The van der Waals surface area contributed by atoms with E-state index in [0.717, 1.165) is 5.56 Å². The van der Waals surface area contributed by atoms with E-state index < -0.39 is 5.51 Å². The van der Waals surface area contributed by atoms with Gasteiger partial charge in [-0.1, -0.05) is 24.3 Å². The number of halogens is 4. The highest BCUT2D eigenvalue weighted by atomic mass is 79.9. The number of carbonyl (C=O) groups is 1. The summed E-state index contributed by atoms with van der Waals surface area (Å²) in [6.07, 6.45) is 0. The fourth-order valence-corrected chi connectivity index (χ4v) is 2.74. The highest BCUT2D eigenvalue weighted by Gasteiger charge is 2.28. The second-order valence-electron chi connectivity index (χ2n) is 4.35. The van der Waals surface area contributed by atoms with Crippen molar-refractivity contribution >= 4 is 33.6 Å². The van der Waals surface area contributed by atoms with Crippen LogP contribution in [0.15, 0.2) is 57.9 Å². The van der Waals surface area contributed by atoms with Gasteiger partial charge in [-0.25, -0.2) is 0 Å². The summed E-state index contributed by atoms with van der Waals surface area (Å²) in [7, 11) is 0. The first kappa shape index (κ1) is 16.9. The highest BCUT2D eigenvalue weighted by molar-refractivity contribution is 9.10. The Morgan fingerprint density at radius 1 is 1.09 bits per heavy atom. The molecule has 0 fully saturated rings. The summed E-state index contributed by atoms with van der Waals surface area (Å²) < 4.78 is 37.4. The first-order valence-corrected chi connectivity index (χ1v) is 7.83. The number of amides is 1. The van der Waals surface area contributed by atoms with Gasteiger partial charge in [0.25, 0.3) is 5.91 Å². The number of benzene rings is 2. The molecule has 0 saturated carbocycles. The zero-order chi connectivity index (χ0) is 16.2. The average molecular weight is 390 g/mol. The third-order valence-electron chi connectivity index (χ3n) is 2.73. The molecular weight excluding hydrogens is 379 g/mol. The molecule has 2 nitrogen and oxygen atoms in total. The van der Waals surface area contributed by atoms with Gasteiger partial charge < -0.3 is 5.32 Å². The van der Waals surface area contributed by atoms with E-state index in [4.69, 9.17) is 0 Å². The number of carbonyl (C=O) groups excluding carboxylic acids is 1. The van der Waals surface area contributed by atoms with E-state index in [1.165, 1.54) is 12.1 Å². The van der Waals surface area contributed by atoms with Crippen LogP contribution in [-0.4, -0.2) is 11.4 Å². The summed E-state index contributed by atoms with van der Waals surface area (Å²) in [5.41, 5.74) is -3.06. The van der Waals surface area contributed by atoms with Crippen molar-refractivity contribution in [2.75, 3.05) is 0 Å². The molecule has 0 spiro atoms. The molecule has 0 aromatic heterocycles. The van der Waals surface area contributed by atoms with Crippen LogP contribution in [0.4, 0.5) is 13.2 Å². The molecule has 0 bridgehead atoms. The second kappa shape index (κ2) is 7.19. The first-order chi connectivity index (χ1) is 10.3. The maximum atomic E-state index is 12.2. The predicted octanol–water partition coefficient (Wildman–Crippen LogP) is 4.99. The number of hydrogen-bond donors (Lipinski definition) is 1. The largest absolute Gasteiger partial charge is 0.446 e. The Balaban J connectivity index is 1.95. The standard InChI is InChI=1S/C15H11BrF3NOS/c16-13-4-2-1-3-12(13)14(21)20-9-10-5-7-11(8-6-10)22-15(17,18)19/h1-8H,9H2,(H,20,21). The number of thioether (sulfide) groups is 1. The lowest BCUT2D eigenvalue weighted by Crippen LogP contribution is -2.23. The topological polar surface area (TPSA) is 29.1 Å². The Morgan fingerprint density at radius 3 is 2.32 bits per heavy atom. The molecule has 116 valence electrons. The van der Waals surface area contributed by atoms with Gasteiger partial charge in [0.05, 0.1) is 5.56 Å². The molecule has 0 heterocycles. The normalized spacial score (nSPS) is 11.3. The van der Waals surface area contributed by atoms with Gasteiger partial charge in [-0.2, -0.15) is 13.2 Å². The molecule has 1 N–H and O–H groups in total. The van der Waals surface area contributed by atoms with E-state index >= 15 is 0 Å². The Bertz CT molecular complexity index is 659. The zero-order valence-corrected chi connectivity index (χ0v) is 13.6. The molecule has 0 saturated heterocycles. The second-order valence-corrected chi connectivity index (χ2v) is 6.35. The Morgan fingerprint density at radius 2 is 1.73 bits per heavy atom. The summed E-state index contributed by atoms with van der Waals surface area (Å²) >= 11 is 3.13. The Labute approximate surface area is 138 Å². The van der Waals surface area contributed by atoms with Crippen LogP contribution >= 0.6 is 27.7 Å². The maximum Gasteiger partial charge on any atom is 0.446 e. The smallest absolute Gasteiger partial charge is 0.348 e. The summed E-state index contributed by atoms with van der Waals surface area (Å²) in [5, 5.41) is 2.73. The maximum absolute atomic E-state index is 12.2. The third kappa shape index (κ3) is 5.06. The van der Waals surface area contributed by atoms with Crippen LogP contribution in [0, 0.1) is 0 Å². The molecular formula is C15H11BrF3NOS. The SMILES string of the molecule is O=C(NCc1ccc(SC(F)(F)F)cc1)c1ccccc1Br. The van der Waals surface area contributed by atoms with Crippen molar-refractivity contribution in [3.8, 4) is 0 Å². The van der Waals surface area contributed by atoms with Gasteiger partial charge in [0.1, 0.15) is 0 Å². The monoisotopic (exact) mass is 389 g/mol.